The van der Waals surface area contributed by atoms with E-state index in [0.29, 0.717) is 40.0 Å². The smallest absolute Gasteiger partial charge is 0.196 e. The monoisotopic (exact) mass is 510 g/mol. The Labute approximate surface area is 205 Å². The van der Waals surface area contributed by atoms with Gasteiger partial charge >= 0.3 is 0 Å². The number of halogens is 1. The van der Waals surface area contributed by atoms with Gasteiger partial charge in [0.1, 0.15) is 0 Å². The zero-order valence-corrected chi connectivity index (χ0v) is 23.2. The van der Waals surface area contributed by atoms with Crippen LogP contribution in [0.4, 0.5) is 0 Å². The molecular formula is C28H47BrO3. The molecule has 1 aliphatic carbocycles. The van der Waals surface area contributed by atoms with Crippen molar-refractivity contribution < 1.29 is 14.7 Å². The molecule has 4 heteroatoms. The van der Waals surface area contributed by atoms with E-state index in [9.17, 15) is 14.7 Å². The van der Waals surface area contributed by atoms with E-state index in [2.05, 4.69) is 43.6 Å². The number of carbonyl (C=O) groups is 2. The van der Waals surface area contributed by atoms with E-state index in [1.807, 2.05) is 6.92 Å². The van der Waals surface area contributed by atoms with Gasteiger partial charge in [0.05, 0.1) is 10.1 Å². The minimum atomic E-state index is -0.816. The number of hydrogen-bond donors (Lipinski definition) is 1. The summed E-state index contributed by atoms with van der Waals surface area (Å²) in [7, 11) is 0. The predicted molar refractivity (Wildman–Crippen MR) is 139 cm³/mol. The number of allylic oxidation sites excluding steroid dienone is 4. The Balaban J connectivity index is 2.32. The maximum Gasteiger partial charge on any atom is 0.196 e. The molecule has 184 valence electrons. The summed E-state index contributed by atoms with van der Waals surface area (Å²) < 4.78 is 0.366. The van der Waals surface area contributed by atoms with Gasteiger partial charge in [-0.3, -0.25) is 9.59 Å². The second-order valence-electron chi connectivity index (χ2n) is 11.1. The average molecular weight is 512 g/mol. The van der Waals surface area contributed by atoms with Crippen molar-refractivity contribution in [3.63, 3.8) is 0 Å². The molecule has 0 spiro atoms. The van der Waals surface area contributed by atoms with Crippen LogP contribution in [0.25, 0.3) is 0 Å². The molecule has 3 unspecified atom stereocenters. The van der Waals surface area contributed by atoms with Crippen molar-refractivity contribution in [2.24, 2.45) is 17.8 Å². The van der Waals surface area contributed by atoms with Gasteiger partial charge in [-0.05, 0) is 73.7 Å². The second-order valence-corrected chi connectivity index (χ2v) is 11.8. The van der Waals surface area contributed by atoms with E-state index < -0.39 is 5.60 Å². The van der Waals surface area contributed by atoms with E-state index in [1.54, 1.807) is 13.8 Å². The summed E-state index contributed by atoms with van der Waals surface area (Å²) >= 11 is 3.27. The first kappa shape index (κ1) is 29.3. The number of carbonyl (C=O) groups excluding carboxylic acids is 2. The summed E-state index contributed by atoms with van der Waals surface area (Å²) in [5.74, 6) is 2.14. The molecule has 3 atom stereocenters. The van der Waals surface area contributed by atoms with Crippen LogP contribution in [0.2, 0.25) is 0 Å². The van der Waals surface area contributed by atoms with Crippen LogP contribution in [0, 0.1) is 17.8 Å². The first-order chi connectivity index (χ1) is 14.9. The number of rotatable bonds is 15. The summed E-state index contributed by atoms with van der Waals surface area (Å²) in [5.41, 5.74) is 0.730. The molecule has 3 nitrogen and oxygen atoms in total. The molecule has 0 amide bonds. The minimum absolute atomic E-state index is 0.0748. The highest BCUT2D eigenvalue weighted by Crippen LogP contribution is 2.33. The molecule has 1 N–H and O–H groups in total. The molecular weight excluding hydrogens is 464 g/mol. The maximum absolute atomic E-state index is 12.6. The van der Waals surface area contributed by atoms with Crippen LogP contribution in [0.15, 0.2) is 21.2 Å². The highest BCUT2D eigenvalue weighted by Gasteiger charge is 2.30. The lowest BCUT2D eigenvalue weighted by Crippen LogP contribution is -2.26. The minimum Gasteiger partial charge on any atom is -0.390 e. The standard InChI is InChI=1S/C28H47BrO3/c1-19(2)11-8-12-20(3)13-9-14-21(4)15-10-17-28(7,32)18-16-24-22(5)26(30)23(6)25(29)27(24)31/h19-21,32H,8-18H2,1-7H3. The van der Waals surface area contributed by atoms with E-state index in [0.717, 1.165) is 31.1 Å². The van der Waals surface area contributed by atoms with Crippen LogP contribution >= 0.6 is 15.9 Å². The Morgan fingerprint density at radius 3 is 1.81 bits per heavy atom. The van der Waals surface area contributed by atoms with E-state index in [4.69, 9.17) is 0 Å². The van der Waals surface area contributed by atoms with Crippen LogP contribution in [0.1, 0.15) is 119 Å². The molecule has 0 saturated carbocycles. The highest BCUT2D eigenvalue weighted by molar-refractivity contribution is 9.12. The average Bonchev–Trinajstić information content (AvgIpc) is 2.70. The first-order valence-corrected chi connectivity index (χ1v) is 13.5. The third kappa shape index (κ3) is 10.0. The molecule has 1 aliphatic rings. The van der Waals surface area contributed by atoms with Crippen LogP contribution < -0.4 is 0 Å². The number of ketones is 2. The largest absolute Gasteiger partial charge is 0.390 e. The second kappa shape index (κ2) is 13.8. The molecule has 0 aromatic rings. The van der Waals surface area contributed by atoms with Crippen molar-refractivity contribution in [3.05, 3.63) is 21.2 Å². The fourth-order valence-corrected chi connectivity index (χ4v) is 5.04. The Morgan fingerprint density at radius 2 is 1.28 bits per heavy atom. The fourth-order valence-electron chi connectivity index (χ4n) is 4.62. The molecule has 0 bridgehead atoms. The summed E-state index contributed by atoms with van der Waals surface area (Å²) in [6, 6.07) is 0. The molecule has 1 rings (SSSR count). The Hall–Kier alpha value is -0.740. The summed E-state index contributed by atoms with van der Waals surface area (Å²) in [5, 5.41) is 10.8. The van der Waals surface area contributed by atoms with Gasteiger partial charge < -0.3 is 5.11 Å². The Kier molecular flexibility index (Phi) is 12.7. The third-order valence-electron chi connectivity index (χ3n) is 7.13. The molecule has 0 radical (unpaired) electrons. The normalized spacial score (nSPS) is 19.1. The van der Waals surface area contributed by atoms with Gasteiger partial charge in [-0.1, -0.05) is 79.1 Å². The van der Waals surface area contributed by atoms with Crippen molar-refractivity contribution in [1.29, 1.82) is 0 Å². The van der Waals surface area contributed by atoms with Gasteiger partial charge in [0, 0.05) is 16.7 Å². The van der Waals surface area contributed by atoms with Gasteiger partial charge in [-0.2, -0.15) is 0 Å². The predicted octanol–water partition coefficient (Wildman–Crippen LogP) is 8.09. The number of aliphatic hydroxyl groups is 1. The molecule has 32 heavy (non-hydrogen) atoms. The molecule has 0 heterocycles. The van der Waals surface area contributed by atoms with Crippen LogP contribution in [0.3, 0.4) is 0 Å². The summed E-state index contributed by atoms with van der Waals surface area (Å²) in [6.45, 7) is 14.6. The van der Waals surface area contributed by atoms with Gasteiger partial charge in [0.2, 0.25) is 0 Å². The first-order valence-electron chi connectivity index (χ1n) is 12.7. The quantitative estimate of drug-likeness (QED) is 0.226. The Morgan fingerprint density at radius 1 is 0.781 bits per heavy atom. The number of Topliss-reactive ketones (excluding diaryl/α,β-unsaturated/α-hetero) is 2. The SMILES string of the molecule is CC1=C(Br)C(=O)C(CCC(C)(O)CCCC(C)CCCC(C)CCCC(C)C)=C(C)C1=O. The molecule has 0 aromatic heterocycles. The van der Waals surface area contributed by atoms with Crippen molar-refractivity contribution in [2.75, 3.05) is 0 Å². The van der Waals surface area contributed by atoms with E-state index in [-0.39, 0.29) is 11.6 Å². The van der Waals surface area contributed by atoms with Crippen molar-refractivity contribution in [3.8, 4) is 0 Å². The fraction of sp³-hybridized carbons (Fsp3) is 0.786. The van der Waals surface area contributed by atoms with E-state index in [1.165, 1.54) is 38.5 Å². The lowest BCUT2D eigenvalue weighted by atomic mass is 9.84. The van der Waals surface area contributed by atoms with Gasteiger partial charge in [-0.15, -0.1) is 0 Å². The lowest BCUT2D eigenvalue weighted by molar-refractivity contribution is -0.116. The van der Waals surface area contributed by atoms with Crippen LogP contribution in [-0.2, 0) is 9.59 Å². The van der Waals surface area contributed by atoms with Gasteiger partial charge in [0.15, 0.2) is 11.6 Å². The number of hydrogen-bond acceptors (Lipinski definition) is 3. The van der Waals surface area contributed by atoms with Gasteiger partial charge in [-0.25, -0.2) is 0 Å². The highest BCUT2D eigenvalue weighted by atomic mass is 79.9. The van der Waals surface area contributed by atoms with Crippen molar-refractivity contribution in [2.45, 2.75) is 125 Å². The molecule has 0 aromatic carbocycles. The molecule has 0 fully saturated rings. The molecule has 0 saturated heterocycles. The topological polar surface area (TPSA) is 54.4 Å². The zero-order valence-electron chi connectivity index (χ0n) is 21.7. The maximum atomic E-state index is 12.6. The van der Waals surface area contributed by atoms with Gasteiger partial charge in [0.25, 0.3) is 0 Å². The van der Waals surface area contributed by atoms with Crippen LogP contribution in [0.5, 0.6) is 0 Å². The van der Waals surface area contributed by atoms with Crippen molar-refractivity contribution in [1.82, 2.24) is 0 Å². The lowest BCUT2D eigenvalue weighted by Gasteiger charge is -2.26. The van der Waals surface area contributed by atoms with Crippen LogP contribution in [-0.4, -0.2) is 22.3 Å². The third-order valence-corrected chi connectivity index (χ3v) is 8.09. The molecule has 0 aliphatic heterocycles. The zero-order chi connectivity index (χ0) is 24.5. The van der Waals surface area contributed by atoms with E-state index >= 15 is 0 Å². The van der Waals surface area contributed by atoms with Crippen molar-refractivity contribution >= 4 is 27.5 Å². The Bertz CT molecular complexity index is 699. The summed E-state index contributed by atoms with van der Waals surface area (Å²) in [6.07, 6.45) is 11.7. The summed E-state index contributed by atoms with van der Waals surface area (Å²) in [4.78, 5) is 24.9.